The highest BCUT2D eigenvalue weighted by Crippen LogP contribution is 2.29. The van der Waals surface area contributed by atoms with Gasteiger partial charge >= 0.3 is 6.18 Å². The maximum absolute atomic E-state index is 12.6. The smallest absolute Gasteiger partial charge is 0.402 e. The third-order valence-electron chi connectivity index (χ3n) is 2.72. The summed E-state index contributed by atoms with van der Waals surface area (Å²) in [7, 11) is -3.02. The summed E-state index contributed by atoms with van der Waals surface area (Å²) in [5, 5.41) is 0. The quantitative estimate of drug-likeness (QED) is 0.842. The summed E-state index contributed by atoms with van der Waals surface area (Å²) in [6.07, 6.45) is -4.63. The van der Waals surface area contributed by atoms with Gasteiger partial charge in [0.25, 0.3) is 0 Å². The van der Waals surface area contributed by atoms with Crippen LogP contribution in [0.25, 0.3) is 0 Å². The highest BCUT2D eigenvalue weighted by molar-refractivity contribution is 7.89. The Kier molecular flexibility index (Phi) is 5.11. The fourth-order valence-corrected chi connectivity index (χ4v) is 3.35. The number of rotatable bonds is 5. The van der Waals surface area contributed by atoms with Crippen LogP contribution in [0.3, 0.4) is 0 Å². The van der Waals surface area contributed by atoms with Gasteiger partial charge in [0.15, 0.2) is 0 Å². The van der Waals surface area contributed by atoms with Crippen molar-refractivity contribution in [3.63, 3.8) is 0 Å². The highest BCUT2D eigenvalue weighted by atomic mass is 32.2. The zero-order valence-corrected chi connectivity index (χ0v) is 12.6. The summed E-state index contributed by atoms with van der Waals surface area (Å²) in [5.74, 6) is 0.0896. The minimum absolute atomic E-state index is 0.0896. The SMILES string of the molecule is COc1cc(S(=O)(=O)N(CC(F)(F)F)C(C)C)ccc1N. The largest absolute Gasteiger partial charge is 0.495 e. The number of hydrogen-bond donors (Lipinski definition) is 1. The lowest BCUT2D eigenvalue weighted by Gasteiger charge is -2.27. The third-order valence-corrected chi connectivity index (χ3v) is 4.74. The van der Waals surface area contributed by atoms with E-state index in [9.17, 15) is 21.6 Å². The lowest BCUT2D eigenvalue weighted by molar-refractivity contribution is -0.138. The van der Waals surface area contributed by atoms with E-state index in [-0.39, 0.29) is 16.3 Å². The first kappa shape index (κ1) is 17.6. The van der Waals surface area contributed by atoms with Crippen LogP contribution >= 0.6 is 0 Å². The predicted molar refractivity (Wildman–Crippen MR) is 72.5 cm³/mol. The number of halogens is 3. The second kappa shape index (κ2) is 6.10. The van der Waals surface area contributed by atoms with Gasteiger partial charge in [-0.2, -0.15) is 17.5 Å². The van der Waals surface area contributed by atoms with Crippen LogP contribution < -0.4 is 10.5 Å². The lowest BCUT2D eigenvalue weighted by Crippen LogP contribution is -2.43. The van der Waals surface area contributed by atoms with Gasteiger partial charge in [-0.25, -0.2) is 8.42 Å². The number of nitrogens with two attached hydrogens (primary N) is 1. The molecule has 0 bridgehead atoms. The van der Waals surface area contributed by atoms with Crippen LogP contribution in [0.4, 0.5) is 18.9 Å². The standard InChI is InChI=1S/C12H17F3N2O3S/c1-8(2)17(7-12(13,14)15)21(18,19)9-4-5-10(16)11(6-9)20-3/h4-6,8H,7,16H2,1-3H3. The predicted octanol–water partition coefficient (Wildman–Crippen LogP) is 2.24. The number of methoxy groups -OCH3 is 1. The number of sulfonamides is 1. The molecule has 0 aliphatic rings. The molecule has 0 unspecified atom stereocenters. The Morgan fingerprint density at radius 1 is 1.33 bits per heavy atom. The van der Waals surface area contributed by atoms with Gasteiger partial charge in [0, 0.05) is 12.1 Å². The molecule has 21 heavy (non-hydrogen) atoms. The summed E-state index contributed by atoms with van der Waals surface area (Å²) in [5.41, 5.74) is 5.77. The lowest BCUT2D eigenvalue weighted by atomic mass is 10.3. The molecule has 1 rings (SSSR count). The zero-order valence-electron chi connectivity index (χ0n) is 11.8. The maximum atomic E-state index is 12.6. The normalized spacial score (nSPS) is 13.0. The van der Waals surface area contributed by atoms with Crippen molar-refractivity contribution in [1.82, 2.24) is 4.31 Å². The van der Waals surface area contributed by atoms with E-state index >= 15 is 0 Å². The second-order valence-electron chi connectivity index (χ2n) is 4.66. The molecule has 1 aromatic rings. The average Bonchev–Trinajstić information content (AvgIpc) is 2.34. The Morgan fingerprint density at radius 2 is 1.90 bits per heavy atom. The molecule has 0 aliphatic carbocycles. The van der Waals surface area contributed by atoms with Crippen molar-refractivity contribution in [1.29, 1.82) is 0 Å². The number of nitrogen functional groups attached to an aromatic ring is 1. The van der Waals surface area contributed by atoms with Crippen molar-refractivity contribution >= 4 is 15.7 Å². The van der Waals surface area contributed by atoms with Crippen LogP contribution in [-0.4, -0.2) is 38.6 Å². The first-order valence-electron chi connectivity index (χ1n) is 6.01. The molecule has 5 nitrogen and oxygen atoms in total. The monoisotopic (exact) mass is 326 g/mol. The molecule has 9 heteroatoms. The van der Waals surface area contributed by atoms with E-state index in [0.717, 1.165) is 12.1 Å². The van der Waals surface area contributed by atoms with Gasteiger partial charge < -0.3 is 10.5 Å². The Labute approximate surface area is 121 Å². The van der Waals surface area contributed by atoms with Crippen LogP contribution in [0.1, 0.15) is 13.8 Å². The number of benzene rings is 1. The summed E-state index contributed by atoms with van der Waals surface area (Å²) < 4.78 is 67.7. The van der Waals surface area contributed by atoms with Crippen LogP contribution in [-0.2, 0) is 10.0 Å². The van der Waals surface area contributed by atoms with Gasteiger partial charge in [0.2, 0.25) is 10.0 Å². The maximum Gasteiger partial charge on any atom is 0.402 e. The van der Waals surface area contributed by atoms with Crippen molar-refractivity contribution in [2.45, 2.75) is 31.0 Å². The molecular weight excluding hydrogens is 309 g/mol. The van der Waals surface area contributed by atoms with Gasteiger partial charge in [-0.15, -0.1) is 0 Å². The molecule has 0 spiro atoms. The molecule has 0 saturated carbocycles. The molecule has 1 aromatic carbocycles. The fourth-order valence-electron chi connectivity index (χ4n) is 1.71. The molecule has 0 amide bonds. The number of ether oxygens (including phenoxy) is 1. The van der Waals surface area contributed by atoms with E-state index in [1.165, 1.54) is 27.0 Å². The minimum Gasteiger partial charge on any atom is -0.495 e. The van der Waals surface area contributed by atoms with Gasteiger partial charge in [-0.3, -0.25) is 0 Å². The summed E-state index contributed by atoms with van der Waals surface area (Å²) in [4.78, 5) is -0.300. The molecule has 0 aliphatic heterocycles. The van der Waals surface area contributed by atoms with Crippen LogP contribution in [0.2, 0.25) is 0 Å². The van der Waals surface area contributed by atoms with Gasteiger partial charge in [0.1, 0.15) is 12.3 Å². The first-order valence-corrected chi connectivity index (χ1v) is 7.45. The van der Waals surface area contributed by atoms with Gasteiger partial charge in [-0.1, -0.05) is 0 Å². The first-order chi connectivity index (χ1) is 9.49. The molecule has 0 atom stereocenters. The number of anilines is 1. The molecule has 2 N–H and O–H groups in total. The van der Waals surface area contributed by atoms with E-state index in [1.54, 1.807) is 0 Å². The number of nitrogens with zero attached hydrogens (tertiary/aromatic N) is 1. The highest BCUT2D eigenvalue weighted by Gasteiger charge is 2.38. The zero-order chi connectivity index (χ0) is 16.4. The molecule has 0 fully saturated rings. The molecule has 0 saturated heterocycles. The topological polar surface area (TPSA) is 72.6 Å². The van der Waals surface area contributed by atoms with E-state index < -0.39 is 28.8 Å². The summed E-state index contributed by atoms with van der Waals surface area (Å²) in [6.45, 7) is 1.19. The van der Waals surface area contributed by atoms with Crippen molar-refractivity contribution in [2.75, 3.05) is 19.4 Å². The number of hydrogen-bond acceptors (Lipinski definition) is 4. The van der Waals surface area contributed by atoms with Crippen LogP contribution in [0, 0.1) is 0 Å². The van der Waals surface area contributed by atoms with E-state index in [2.05, 4.69) is 0 Å². The van der Waals surface area contributed by atoms with Crippen LogP contribution in [0.15, 0.2) is 23.1 Å². The minimum atomic E-state index is -4.63. The van der Waals surface area contributed by atoms with Crippen molar-refractivity contribution in [3.8, 4) is 5.75 Å². The van der Waals surface area contributed by atoms with E-state index in [4.69, 9.17) is 10.5 Å². The van der Waals surface area contributed by atoms with Gasteiger partial charge in [0.05, 0.1) is 17.7 Å². The molecule has 0 aromatic heterocycles. The second-order valence-corrected chi connectivity index (χ2v) is 6.55. The average molecular weight is 326 g/mol. The summed E-state index contributed by atoms with van der Waals surface area (Å²) >= 11 is 0. The Morgan fingerprint density at radius 3 is 2.33 bits per heavy atom. The van der Waals surface area contributed by atoms with E-state index in [0.29, 0.717) is 4.31 Å². The van der Waals surface area contributed by atoms with Crippen LogP contribution in [0.5, 0.6) is 5.75 Å². The Bertz CT molecular complexity index is 600. The molecular formula is C12H17F3N2O3S. The third kappa shape index (κ3) is 4.24. The van der Waals surface area contributed by atoms with Crippen molar-refractivity contribution < 1.29 is 26.3 Å². The molecule has 0 heterocycles. The van der Waals surface area contributed by atoms with Gasteiger partial charge in [-0.05, 0) is 26.0 Å². The molecule has 120 valence electrons. The summed E-state index contributed by atoms with van der Waals surface area (Å²) in [6, 6.07) is 2.69. The number of alkyl halides is 3. The van der Waals surface area contributed by atoms with Crippen molar-refractivity contribution in [3.05, 3.63) is 18.2 Å². The fraction of sp³-hybridized carbons (Fsp3) is 0.500. The molecule has 0 radical (unpaired) electrons. The Balaban J connectivity index is 3.29. The van der Waals surface area contributed by atoms with E-state index in [1.807, 2.05) is 0 Å². The Hall–Kier alpha value is -1.48. The van der Waals surface area contributed by atoms with Crippen molar-refractivity contribution in [2.24, 2.45) is 0 Å².